The molecule has 0 saturated carbocycles. The van der Waals surface area contributed by atoms with Gasteiger partial charge in [-0.2, -0.15) is 0 Å². The molecule has 0 aromatic carbocycles. The molecule has 34 heavy (non-hydrogen) atoms. The van der Waals surface area contributed by atoms with Gasteiger partial charge in [0.05, 0.1) is 19.8 Å². The van der Waals surface area contributed by atoms with Crippen LogP contribution in [0.15, 0.2) is 0 Å². The van der Waals surface area contributed by atoms with Crippen LogP contribution in [0.4, 0.5) is 0 Å². The summed E-state index contributed by atoms with van der Waals surface area (Å²) in [6, 6.07) is 0. The Balaban J connectivity index is 1.84. The van der Waals surface area contributed by atoms with Crippen molar-refractivity contribution in [3.05, 3.63) is 0 Å². The van der Waals surface area contributed by atoms with Gasteiger partial charge in [-0.3, -0.25) is 0 Å². The number of aliphatic hydroxyl groups excluding tert-OH is 11. The largest absolute Gasteiger partial charge is 0.394 e. The molecule has 3 aliphatic heterocycles. The molecule has 1 unspecified atom stereocenters. The molecule has 16 nitrogen and oxygen atoms in total. The molecule has 15 atom stereocenters. The summed E-state index contributed by atoms with van der Waals surface area (Å²) in [6.07, 6.45) is -25.7. The molecule has 3 aliphatic rings. The van der Waals surface area contributed by atoms with Gasteiger partial charge in [0.15, 0.2) is 18.9 Å². The van der Waals surface area contributed by atoms with Gasteiger partial charge in [-0.1, -0.05) is 0 Å². The van der Waals surface area contributed by atoms with Crippen LogP contribution in [0.1, 0.15) is 0 Å². The Labute approximate surface area is 192 Å². The van der Waals surface area contributed by atoms with Crippen LogP contribution in [0.25, 0.3) is 0 Å². The summed E-state index contributed by atoms with van der Waals surface area (Å²) in [7, 11) is 0. The summed E-state index contributed by atoms with van der Waals surface area (Å²) in [4.78, 5) is 0. The average Bonchev–Trinajstić information content (AvgIpc) is 2.83. The van der Waals surface area contributed by atoms with Gasteiger partial charge < -0.3 is 79.9 Å². The fraction of sp³-hybridized carbons (Fsp3) is 1.00. The van der Waals surface area contributed by atoms with Crippen molar-refractivity contribution in [2.24, 2.45) is 0 Å². The molecule has 0 aromatic rings. The standard InChI is InChI=1S/C18H32O16/c19-1-4-7(22)10(25)12(27)17(31-4)34-15-11(26)8(23)5(2-20)32-18(15)33-14-9(24)6(3-21)30-16(29)13(14)28/h4-29H,1-3H2/t4-,5-,6-,7-,8-,9-,10+,11+,12-,13-,14+,15-,16?,17+,18+/m1/s1. The maximum atomic E-state index is 10.6. The summed E-state index contributed by atoms with van der Waals surface area (Å²) in [5, 5.41) is 110. The highest BCUT2D eigenvalue weighted by atomic mass is 16.8. The smallest absolute Gasteiger partial charge is 0.187 e. The molecular formula is C18H32O16. The maximum absolute atomic E-state index is 10.6. The predicted octanol–water partition coefficient (Wildman–Crippen LogP) is -7.57. The molecule has 11 N–H and O–H groups in total. The molecule has 0 aromatic heterocycles. The lowest BCUT2D eigenvalue weighted by molar-refractivity contribution is -0.387. The minimum absolute atomic E-state index is 0.762. The number of ether oxygens (including phenoxy) is 5. The zero-order chi connectivity index (χ0) is 25.3. The van der Waals surface area contributed by atoms with Crippen LogP contribution in [0.3, 0.4) is 0 Å². The first-order valence-electron chi connectivity index (χ1n) is 10.6. The third kappa shape index (κ3) is 5.37. The average molecular weight is 504 g/mol. The summed E-state index contributed by atoms with van der Waals surface area (Å²) >= 11 is 0. The number of hydrogen-bond donors (Lipinski definition) is 11. The van der Waals surface area contributed by atoms with E-state index in [0.29, 0.717) is 0 Å². The first kappa shape index (κ1) is 27.9. The van der Waals surface area contributed by atoms with Crippen molar-refractivity contribution in [3.8, 4) is 0 Å². The van der Waals surface area contributed by atoms with Crippen molar-refractivity contribution in [3.63, 3.8) is 0 Å². The fourth-order valence-corrected chi connectivity index (χ4v) is 4.03. The summed E-state index contributed by atoms with van der Waals surface area (Å²) in [5.41, 5.74) is 0. The van der Waals surface area contributed by atoms with Gasteiger partial charge in [0.1, 0.15) is 73.2 Å². The van der Waals surface area contributed by atoms with Crippen molar-refractivity contribution in [1.82, 2.24) is 0 Å². The lowest BCUT2D eigenvalue weighted by atomic mass is 9.96. The lowest BCUT2D eigenvalue weighted by Crippen LogP contribution is -2.67. The van der Waals surface area contributed by atoms with Gasteiger partial charge >= 0.3 is 0 Å². The molecule has 0 spiro atoms. The van der Waals surface area contributed by atoms with Crippen molar-refractivity contribution in [2.45, 2.75) is 92.1 Å². The highest BCUT2D eigenvalue weighted by Gasteiger charge is 2.53. The van der Waals surface area contributed by atoms with E-state index in [9.17, 15) is 56.2 Å². The molecule has 3 fully saturated rings. The molecule has 0 aliphatic carbocycles. The normalized spacial score (nSPS) is 52.5. The van der Waals surface area contributed by atoms with Crippen LogP contribution < -0.4 is 0 Å². The summed E-state index contributed by atoms with van der Waals surface area (Å²) in [6.45, 7) is -2.34. The Hall–Kier alpha value is -0.640. The van der Waals surface area contributed by atoms with Crippen molar-refractivity contribution in [2.75, 3.05) is 19.8 Å². The van der Waals surface area contributed by atoms with E-state index in [-0.39, 0.29) is 0 Å². The minimum atomic E-state index is -1.89. The summed E-state index contributed by atoms with van der Waals surface area (Å²) < 4.78 is 26.5. The second kappa shape index (κ2) is 11.6. The highest BCUT2D eigenvalue weighted by Crippen LogP contribution is 2.32. The summed E-state index contributed by atoms with van der Waals surface area (Å²) in [5.74, 6) is 0. The van der Waals surface area contributed by atoms with E-state index in [4.69, 9.17) is 23.7 Å². The van der Waals surface area contributed by atoms with Crippen LogP contribution in [-0.4, -0.2) is 168 Å². The SMILES string of the molecule is OC[C@H]1O[C@@H](O[C@H]2[C@H](O[C@H]3[C@H](O)[C@@H](CO)OC(O)[C@@H]3O)O[C@H](CO)[C@@H](O)[C@@H]2O)[C@H](O)[C@@H](O)[C@@H]1O. The Morgan fingerprint density at radius 2 is 0.912 bits per heavy atom. The molecule has 16 heteroatoms. The van der Waals surface area contributed by atoms with Gasteiger partial charge in [0.25, 0.3) is 0 Å². The molecule has 0 radical (unpaired) electrons. The Morgan fingerprint density at radius 1 is 0.441 bits per heavy atom. The van der Waals surface area contributed by atoms with E-state index in [1.807, 2.05) is 0 Å². The topological polar surface area (TPSA) is 269 Å². The zero-order valence-corrected chi connectivity index (χ0v) is 17.7. The third-order valence-corrected chi connectivity index (χ3v) is 6.10. The molecule has 3 heterocycles. The third-order valence-electron chi connectivity index (χ3n) is 6.10. The Morgan fingerprint density at radius 3 is 1.47 bits per heavy atom. The van der Waals surface area contributed by atoms with Crippen molar-refractivity contribution < 1.29 is 79.9 Å². The van der Waals surface area contributed by atoms with E-state index in [1.54, 1.807) is 0 Å². The molecule has 0 bridgehead atoms. The van der Waals surface area contributed by atoms with E-state index >= 15 is 0 Å². The van der Waals surface area contributed by atoms with Crippen LogP contribution in [0.2, 0.25) is 0 Å². The molecule has 0 amide bonds. The second-order valence-corrected chi connectivity index (χ2v) is 8.33. The highest BCUT2D eigenvalue weighted by molar-refractivity contribution is 4.96. The van der Waals surface area contributed by atoms with Gasteiger partial charge in [0, 0.05) is 0 Å². The first-order chi connectivity index (χ1) is 16.0. The van der Waals surface area contributed by atoms with Gasteiger partial charge in [0.2, 0.25) is 0 Å². The molecular weight excluding hydrogens is 472 g/mol. The van der Waals surface area contributed by atoms with E-state index < -0.39 is 112 Å². The van der Waals surface area contributed by atoms with Gasteiger partial charge in [-0.15, -0.1) is 0 Å². The van der Waals surface area contributed by atoms with Crippen molar-refractivity contribution in [1.29, 1.82) is 0 Å². The minimum Gasteiger partial charge on any atom is -0.394 e. The number of aliphatic hydroxyl groups is 11. The molecule has 3 saturated heterocycles. The maximum Gasteiger partial charge on any atom is 0.187 e. The van der Waals surface area contributed by atoms with Gasteiger partial charge in [-0.25, -0.2) is 0 Å². The first-order valence-corrected chi connectivity index (χ1v) is 10.6. The predicted molar refractivity (Wildman–Crippen MR) is 101 cm³/mol. The van der Waals surface area contributed by atoms with E-state index in [1.165, 1.54) is 0 Å². The van der Waals surface area contributed by atoms with Crippen molar-refractivity contribution >= 4 is 0 Å². The van der Waals surface area contributed by atoms with Crippen LogP contribution in [-0.2, 0) is 23.7 Å². The molecule has 200 valence electrons. The fourth-order valence-electron chi connectivity index (χ4n) is 4.03. The van der Waals surface area contributed by atoms with Crippen LogP contribution in [0.5, 0.6) is 0 Å². The number of rotatable bonds is 7. The monoisotopic (exact) mass is 504 g/mol. The Bertz CT molecular complexity index is 639. The molecule has 3 rings (SSSR count). The zero-order valence-electron chi connectivity index (χ0n) is 17.7. The second-order valence-electron chi connectivity index (χ2n) is 8.33. The van der Waals surface area contributed by atoms with Gasteiger partial charge in [-0.05, 0) is 0 Å². The van der Waals surface area contributed by atoms with E-state index in [0.717, 1.165) is 0 Å². The van der Waals surface area contributed by atoms with E-state index in [2.05, 4.69) is 0 Å². The van der Waals surface area contributed by atoms with Crippen LogP contribution >= 0.6 is 0 Å². The van der Waals surface area contributed by atoms with Crippen LogP contribution in [0, 0.1) is 0 Å². The number of hydrogen-bond acceptors (Lipinski definition) is 16. The Kier molecular flexibility index (Phi) is 9.54. The quantitative estimate of drug-likeness (QED) is 0.154. The lowest BCUT2D eigenvalue weighted by Gasteiger charge is -2.48.